The maximum Gasteiger partial charge on any atom is 0.225 e. The average Bonchev–Trinajstić information content (AvgIpc) is 2.61. The molecule has 1 aliphatic rings. The van der Waals surface area contributed by atoms with Gasteiger partial charge in [0.2, 0.25) is 5.91 Å². The van der Waals surface area contributed by atoms with E-state index < -0.39 is 0 Å². The fraction of sp³-hybridized carbons (Fsp3) is 0.389. The maximum absolute atomic E-state index is 12.5. The van der Waals surface area contributed by atoms with Crippen LogP contribution in [0.25, 0.3) is 0 Å². The molecule has 1 unspecified atom stereocenters. The molecule has 1 aliphatic heterocycles. The van der Waals surface area contributed by atoms with Crippen molar-refractivity contribution in [3.63, 3.8) is 0 Å². The molecule has 0 radical (unpaired) electrons. The highest BCUT2D eigenvalue weighted by Gasteiger charge is 2.26. The van der Waals surface area contributed by atoms with Gasteiger partial charge in [0.25, 0.3) is 0 Å². The van der Waals surface area contributed by atoms with Gasteiger partial charge < -0.3 is 10.2 Å². The molecule has 1 atom stereocenters. The van der Waals surface area contributed by atoms with Crippen LogP contribution in [-0.4, -0.2) is 29.2 Å². The van der Waals surface area contributed by atoms with Crippen LogP contribution in [0.15, 0.2) is 36.4 Å². The van der Waals surface area contributed by atoms with Crippen LogP contribution >= 0.6 is 11.6 Å². The zero-order valence-corrected chi connectivity index (χ0v) is 14.5. The Morgan fingerprint density at radius 3 is 2.88 bits per heavy atom. The molecule has 1 aromatic heterocycles. The highest BCUT2D eigenvalue weighted by atomic mass is 35.5. The second kappa shape index (κ2) is 7.62. The predicted octanol–water partition coefficient (Wildman–Crippen LogP) is 2.97. The summed E-state index contributed by atoms with van der Waals surface area (Å²) in [6, 6.07) is 11.7. The van der Waals surface area contributed by atoms with E-state index in [0.29, 0.717) is 18.2 Å². The van der Waals surface area contributed by atoms with E-state index in [2.05, 4.69) is 33.4 Å². The smallest absolute Gasteiger partial charge is 0.225 e. The molecule has 0 spiro atoms. The number of carbonyl (C=O) groups excluding carboxylic acids is 1. The van der Waals surface area contributed by atoms with Gasteiger partial charge in [-0.15, -0.1) is 10.2 Å². The minimum atomic E-state index is -0.0275. The summed E-state index contributed by atoms with van der Waals surface area (Å²) in [4.78, 5) is 14.6. The molecule has 126 valence electrons. The lowest BCUT2D eigenvalue weighted by Crippen LogP contribution is -2.43. The monoisotopic (exact) mass is 344 g/mol. The van der Waals surface area contributed by atoms with Crippen molar-refractivity contribution in [3.8, 4) is 0 Å². The zero-order chi connectivity index (χ0) is 16.9. The lowest BCUT2D eigenvalue weighted by atomic mass is 9.97. The summed E-state index contributed by atoms with van der Waals surface area (Å²) in [5, 5.41) is 11.4. The summed E-state index contributed by atoms with van der Waals surface area (Å²) in [6.45, 7) is 4.18. The largest absolute Gasteiger partial charge is 0.354 e. The number of piperidine rings is 1. The van der Waals surface area contributed by atoms with Crippen LogP contribution in [0.4, 0.5) is 5.82 Å². The van der Waals surface area contributed by atoms with Gasteiger partial charge in [0.15, 0.2) is 11.0 Å². The van der Waals surface area contributed by atoms with E-state index in [0.717, 1.165) is 30.8 Å². The minimum absolute atomic E-state index is 0.0275. The van der Waals surface area contributed by atoms with Gasteiger partial charge in [0, 0.05) is 19.6 Å². The molecule has 1 aromatic carbocycles. The Labute approximate surface area is 147 Å². The lowest BCUT2D eigenvalue weighted by molar-refractivity contribution is -0.125. The number of anilines is 1. The van der Waals surface area contributed by atoms with E-state index in [-0.39, 0.29) is 11.8 Å². The first kappa shape index (κ1) is 16.7. The lowest BCUT2D eigenvalue weighted by Gasteiger charge is -2.32. The van der Waals surface area contributed by atoms with E-state index in [9.17, 15) is 4.79 Å². The number of halogens is 1. The molecular formula is C18H21ClN4O. The summed E-state index contributed by atoms with van der Waals surface area (Å²) >= 11 is 5.79. The van der Waals surface area contributed by atoms with Gasteiger partial charge in [-0.1, -0.05) is 35.9 Å². The number of aryl methyl sites for hydroxylation is 1. The molecule has 1 amide bonds. The summed E-state index contributed by atoms with van der Waals surface area (Å²) in [7, 11) is 0. The first-order chi connectivity index (χ1) is 11.6. The molecule has 6 heteroatoms. The van der Waals surface area contributed by atoms with Crippen molar-refractivity contribution >= 4 is 23.3 Å². The molecule has 24 heavy (non-hydrogen) atoms. The molecule has 1 fully saturated rings. The highest BCUT2D eigenvalue weighted by Crippen LogP contribution is 2.22. The Hall–Kier alpha value is -2.14. The number of hydrogen-bond acceptors (Lipinski definition) is 4. The van der Waals surface area contributed by atoms with Gasteiger partial charge in [-0.05, 0) is 43.0 Å². The molecule has 3 rings (SSSR count). The van der Waals surface area contributed by atoms with Crippen molar-refractivity contribution in [3.05, 3.63) is 52.7 Å². The average molecular weight is 345 g/mol. The topological polar surface area (TPSA) is 58.1 Å². The molecule has 1 N–H and O–H groups in total. The second-order valence-corrected chi connectivity index (χ2v) is 6.53. The zero-order valence-electron chi connectivity index (χ0n) is 13.7. The molecule has 0 saturated carbocycles. The molecule has 5 nitrogen and oxygen atoms in total. The van der Waals surface area contributed by atoms with Crippen molar-refractivity contribution in [1.82, 2.24) is 15.5 Å². The number of nitrogens with zero attached hydrogens (tertiary/aromatic N) is 3. The number of rotatable bonds is 4. The number of carbonyl (C=O) groups is 1. The highest BCUT2D eigenvalue weighted by molar-refractivity contribution is 6.29. The number of aromatic nitrogens is 2. The van der Waals surface area contributed by atoms with Crippen LogP contribution in [0.3, 0.4) is 0 Å². The third-order valence-corrected chi connectivity index (χ3v) is 4.65. The third kappa shape index (κ3) is 4.03. The predicted molar refractivity (Wildman–Crippen MR) is 95.0 cm³/mol. The quantitative estimate of drug-likeness (QED) is 0.926. The molecule has 2 aromatic rings. The number of amides is 1. The summed E-state index contributed by atoms with van der Waals surface area (Å²) in [5.41, 5.74) is 2.35. The molecule has 0 aliphatic carbocycles. The van der Waals surface area contributed by atoms with E-state index >= 15 is 0 Å². The van der Waals surface area contributed by atoms with Crippen LogP contribution in [0.5, 0.6) is 0 Å². The molecular weight excluding hydrogens is 324 g/mol. The third-order valence-electron chi connectivity index (χ3n) is 4.45. The Balaban J connectivity index is 1.59. The first-order valence-corrected chi connectivity index (χ1v) is 8.57. The Kier molecular flexibility index (Phi) is 5.30. The molecule has 1 saturated heterocycles. The van der Waals surface area contributed by atoms with Gasteiger partial charge in [0.05, 0.1) is 5.92 Å². The molecule has 0 bridgehead atoms. The summed E-state index contributed by atoms with van der Waals surface area (Å²) in [6.07, 6.45) is 1.86. The van der Waals surface area contributed by atoms with Crippen LogP contribution in [0.2, 0.25) is 5.15 Å². The number of nitrogens with one attached hydrogen (secondary N) is 1. The fourth-order valence-electron chi connectivity index (χ4n) is 3.01. The first-order valence-electron chi connectivity index (χ1n) is 8.20. The van der Waals surface area contributed by atoms with Gasteiger partial charge >= 0.3 is 0 Å². The van der Waals surface area contributed by atoms with Gasteiger partial charge in [-0.2, -0.15) is 0 Å². The van der Waals surface area contributed by atoms with Crippen molar-refractivity contribution in [2.24, 2.45) is 5.92 Å². The Bertz CT molecular complexity index is 704. The second-order valence-electron chi connectivity index (χ2n) is 6.14. The van der Waals surface area contributed by atoms with Crippen LogP contribution < -0.4 is 10.2 Å². The molecule has 2 heterocycles. The van der Waals surface area contributed by atoms with E-state index in [1.807, 2.05) is 24.3 Å². The van der Waals surface area contributed by atoms with Crippen molar-refractivity contribution < 1.29 is 4.79 Å². The Morgan fingerprint density at radius 1 is 1.29 bits per heavy atom. The van der Waals surface area contributed by atoms with Crippen LogP contribution in [0.1, 0.15) is 24.0 Å². The van der Waals surface area contributed by atoms with Gasteiger partial charge in [0.1, 0.15) is 0 Å². The maximum atomic E-state index is 12.5. The number of hydrogen-bond donors (Lipinski definition) is 1. The minimum Gasteiger partial charge on any atom is -0.354 e. The van der Waals surface area contributed by atoms with Crippen LogP contribution in [-0.2, 0) is 11.3 Å². The Morgan fingerprint density at radius 2 is 2.12 bits per heavy atom. The van der Waals surface area contributed by atoms with Crippen molar-refractivity contribution in [2.75, 3.05) is 18.0 Å². The van der Waals surface area contributed by atoms with Gasteiger partial charge in [-0.25, -0.2) is 0 Å². The summed E-state index contributed by atoms with van der Waals surface area (Å²) in [5.74, 6) is 0.848. The van der Waals surface area contributed by atoms with E-state index in [1.54, 1.807) is 6.07 Å². The fourth-order valence-corrected chi connectivity index (χ4v) is 3.11. The standard InChI is InChI=1S/C18H21ClN4O/c1-13-5-2-3-6-14(13)11-20-18(24)15-7-4-10-23(12-15)17-9-8-16(19)21-22-17/h2-3,5-6,8-9,15H,4,7,10-12H2,1H3,(H,20,24). The number of benzene rings is 1. The van der Waals surface area contributed by atoms with Gasteiger partial charge in [-0.3, -0.25) is 4.79 Å². The summed E-state index contributed by atoms with van der Waals surface area (Å²) < 4.78 is 0. The van der Waals surface area contributed by atoms with E-state index in [1.165, 1.54) is 5.56 Å². The van der Waals surface area contributed by atoms with Crippen molar-refractivity contribution in [1.29, 1.82) is 0 Å². The van der Waals surface area contributed by atoms with Crippen molar-refractivity contribution in [2.45, 2.75) is 26.3 Å². The van der Waals surface area contributed by atoms with E-state index in [4.69, 9.17) is 11.6 Å². The van der Waals surface area contributed by atoms with Crippen LogP contribution in [0, 0.1) is 12.8 Å². The normalized spacial score (nSPS) is 17.6. The SMILES string of the molecule is Cc1ccccc1CNC(=O)C1CCCN(c2ccc(Cl)nn2)C1.